The van der Waals surface area contributed by atoms with Crippen molar-refractivity contribution < 1.29 is 4.92 Å². The van der Waals surface area contributed by atoms with E-state index >= 15 is 0 Å². The van der Waals surface area contributed by atoms with E-state index in [0.29, 0.717) is 0 Å². The number of non-ortho nitro benzene ring substituents is 1. The third-order valence-corrected chi connectivity index (χ3v) is 2.80. The lowest BCUT2D eigenvalue weighted by molar-refractivity contribution is -0.384. The van der Waals surface area contributed by atoms with Crippen molar-refractivity contribution in [1.82, 2.24) is 10.2 Å². The van der Waals surface area contributed by atoms with Crippen LogP contribution in [-0.4, -0.2) is 20.5 Å². The van der Waals surface area contributed by atoms with Crippen molar-refractivity contribution in [3.63, 3.8) is 0 Å². The molecule has 1 N–H and O–H groups in total. The number of aromatic nitrogens is 2. The number of alkyl halides is 1. The van der Waals surface area contributed by atoms with Crippen molar-refractivity contribution in [3.8, 4) is 0 Å². The third-order valence-electron chi connectivity index (χ3n) is 2.34. The van der Waals surface area contributed by atoms with Gasteiger partial charge in [0, 0.05) is 22.8 Å². The van der Waals surface area contributed by atoms with Gasteiger partial charge in [-0.25, -0.2) is 0 Å². The van der Waals surface area contributed by atoms with E-state index in [9.17, 15) is 10.1 Å². The van der Waals surface area contributed by atoms with Crippen LogP contribution in [0.4, 0.5) is 5.69 Å². The molecule has 5 nitrogen and oxygen atoms in total. The molecule has 0 unspecified atom stereocenters. The molecule has 0 aliphatic rings. The van der Waals surface area contributed by atoms with Crippen molar-refractivity contribution in [2.45, 2.75) is 6.42 Å². The number of rotatable bonds is 4. The Bertz CT molecular complexity index is 577. The summed E-state index contributed by atoms with van der Waals surface area (Å²) in [7, 11) is 0. The number of benzene rings is 1. The highest BCUT2D eigenvalue weighted by molar-refractivity contribution is 9.09. The lowest BCUT2D eigenvalue weighted by atomic mass is 10.2. The Kier molecular flexibility index (Phi) is 3.53. The van der Waals surface area contributed by atoms with Crippen LogP contribution in [-0.2, 0) is 0 Å². The minimum atomic E-state index is -0.404. The molecule has 6 heteroatoms. The molecule has 0 fully saturated rings. The number of hydrogen-bond acceptors (Lipinski definition) is 3. The number of nitro groups is 1. The Labute approximate surface area is 106 Å². The molecule has 0 aliphatic carbocycles. The van der Waals surface area contributed by atoms with Gasteiger partial charge in [-0.05, 0) is 18.6 Å². The van der Waals surface area contributed by atoms with Gasteiger partial charge in [0.15, 0.2) is 0 Å². The quantitative estimate of drug-likeness (QED) is 0.534. The summed E-state index contributed by atoms with van der Waals surface area (Å²) in [6.07, 6.45) is 4.77. The average Bonchev–Trinajstić information content (AvgIpc) is 2.72. The first-order chi connectivity index (χ1) is 8.22. The van der Waals surface area contributed by atoms with Gasteiger partial charge in [-0.15, -0.1) is 0 Å². The van der Waals surface area contributed by atoms with Gasteiger partial charge in [0.25, 0.3) is 5.69 Å². The lowest BCUT2D eigenvalue weighted by Gasteiger charge is -1.92. The first kappa shape index (κ1) is 11.8. The second-order valence-corrected chi connectivity index (χ2v) is 4.27. The summed E-state index contributed by atoms with van der Waals surface area (Å²) in [5.41, 5.74) is 1.60. The minimum absolute atomic E-state index is 0.0778. The standard InChI is InChI=1S/C11H10BrN3O2/c12-6-2-1-3-10-9-7-8(15(16)17)4-5-11(9)14-13-10/h1,3-5,7H,2,6H2,(H,13,14). The number of nitrogens with one attached hydrogen (secondary N) is 1. The van der Waals surface area contributed by atoms with Gasteiger partial charge in [0.05, 0.1) is 16.1 Å². The maximum absolute atomic E-state index is 10.7. The van der Waals surface area contributed by atoms with E-state index in [2.05, 4.69) is 26.1 Å². The van der Waals surface area contributed by atoms with E-state index in [1.54, 1.807) is 6.07 Å². The van der Waals surface area contributed by atoms with Gasteiger partial charge in [-0.1, -0.05) is 22.0 Å². The minimum Gasteiger partial charge on any atom is -0.277 e. The summed E-state index contributed by atoms with van der Waals surface area (Å²) in [6.45, 7) is 0. The monoisotopic (exact) mass is 295 g/mol. The van der Waals surface area contributed by atoms with Crippen molar-refractivity contribution in [2.75, 3.05) is 5.33 Å². The molecule has 2 rings (SSSR count). The van der Waals surface area contributed by atoms with Crippen LogP contribution in [0.15, 0.2) is 24.3 Å². The zero-order valence-electron chi connectivity index (χ0n) is 8.89. The van der Waals surface area contributed by atoms with Gasteiger partial charge in [-0.2, -0.15) is 5.10 Å². The molecule has 0 aliphatic heterocycles. The predicted molar refractivity (Wildman–Crippen MR) is 70.2 cm³/mol. The first-order valence-electron chi connectivity index (χ1n) is 5.07. The zero-order valence-corrected chi connectivity index (χ0v) is 10.5. The average molecular weight is 296 g/mol. The van der Waals surface area contributed by atoms with E-state index in [4.69, 9.17) is 0 Å². The van der Waals surface area contributed by atoms with Crippen LogP contribution in [0.2, 0.25) is 0 Å². The first-order valence-corrected chi connectivity index (χ1v) is 6.19. The van der Waals surface area contributed by atoms with E-state index in [-0.39, 0.29) is 5.69 Å². The Balaban J connectivity index is 2.43. The fraction of sp³-hybridized carbons (Fsp3) is 0.182. The molecule has 2 aromatic rings. The third kappa shape index (κ3) is 2.52. The second-order valence-electron chi connectivity index (χ2n) is 3.48. The molecule has 0 amide bonds. The maximum Gasteiger partial charge on any atom is 0.270 e. The number of allylic oxidation sites excluding steroid dienone is 1. The molecule has 1 aromatic heterocycles. The van der Waals surface area contributed by atoms with Crippen LogP contribution in [0.5, 0.6) is 0 Å². The molecular weight excluding hydrogens is 286 g/mol. The molecule has 1 heterocycles. The molecule has 0 saturated heterocycles. The van der Waals surface area contributed by atoms with Crippen LogP contribution in [0, 0.1) is 10.1 Å². The van der Waals surface area contributed by atoms with Crippen LogP contribution in [0.1, 0.15) is 12.1 Å². The van der Waals surface area contributed by atoms with Crippen LogP contribution in [0.3, 0.4) is 0 Å². The Morgan fingerprint density at radius 1 is 1.53 bits per heavy atom. The Morgan fingerprint density at radius 3 is 3.06 bits per heavy atom. The van der Waals surface area contributed by atoms with Crippen LogP contribution < -0.4 is 0 Å². The summed E-state index contributed by atoms with van der Waals surface area (Å²) in [4.78, 5) is 10.3. The molecule has 0 spiro atoms. The molecule has 0 radical (unpaired) electrons. The maximum atomic E-state index is 10.7. The Morgan fingerprint density at radius 2 is 2.35 bits per heavy atom. The highest BCUT2D eigenvalue weighted by Gasteiger charge is 2.09. The molecule has 17 heavy (non-hydrogen) atoms. The normalized spacial score (nSPS) is 11.4. The summed E-state index contributed by atoms with van der Waals surface area (Å²) in [5, 5.41) is 19.3. The molecule has 0 saturated carbocycles. The summed E-state index contributed by atoms with van der Waals surface area (Å²) in [6, 6.07) is 4.63. The van der Waals surface area contributed by atoms with Gasteiger partial charge < -0.3 is 0 Å². The Hall–Kier alpha value is -1.69. The van der Waals surface area contributed by atoms with Gasteiger partial charge in [0.2, 0.25) is 0 Å². The summed E-state index contributed by atoms with van der Waals surface area (Å²) in [5.74, 6) is 0. The fourth-order valence-corrected chi connectivity index (χ4v) is 1.79. The van der Waals surface area contributed by atoms with Crippen LogP contribution in [0.25, 0.3) is 17.0 Å². The number of nitro benzene ring substituents is 1. The molecule has 0 bridgehead atoms. The van der Waals surface area contributed by atoms with Gasteiger partial charge >= 0.3 is 0 Å². The van der Waals surface area contributed by atoms with Gasteiger partial charge in [-0.3, -0.25) is 15.2 Å². The zero-order chi connectivity index (χ0) is 12.3. The number of hydrogen-bond donors (Lipinski definition) is 1. The van der Waals surface area contributed by atoms with Crippen molar-refractivity contribution in [1.29, 1.82) is 0 Å². The number of nitrogens with zero attached hydrogens (tertiary/aromatic N) is 2. The number of fused-ring (bicyclic) bond motifs is 1. The lowest BCUT2D eigenvalue weighted by Crippen LogP contribution is -1.86. The van der Waals surface area contributed by atoms with Gasteiger partial charge in [0.1, 0.15) is 0 Å². The molecule has 88 valence electrons. The smallest absolute Gasteiger partial charge is 0.270 e. The van der Waals surface area contributed by atoms with Crippen molar-refractivity contribution >= 4 is 38.6 Å². The van der Waals surface area contributed by atoms with E-state index < -0.39 is 4.92 Å². The highest BCUT2D eigenvalue weighted by Crippen LogP contribution is 2.22. The number of aromatic amines is 1. The molecule has 1 aromatic carbocycles. The molecular formula is C11H10BrN3O2. The molecule has 0 atom stereocenters. The highest BCUT2D eigenvalue weighted by atomic mass is 79.9. The predicted octanol–water partition coefficient (Wildman–Crippen LogP) is 3.27. The van der Waals surface area contributed by atoms with E-state index in [1.807, 2.05) is 12.2 Å². The van der Waals surface area contributed by atoms with Crippen molar-refractivity contribution in [2.24, 2.45) is 0 Å². The fourth-order valence-electron chi connectivity index (χ4n) is 1.52. The van der Waals surface area contributed by atoms with Crippen LogP contribution >= 0.6 is 15.9 Å². The number of halogens is 1. The summed E-state index contributed by atoms with van der Waals surface area (Å²) < 4.78 is 0. The summed E-state index contributed by atoms with van der Waals surface area (Å²) >= 11 is 3.33. The SMILES string of the molecule is O=[N+]([O-])c1ccc2n[nH]c(C=CCCBr)c2c1. The van der Waals surface area contributed by atoms with Crippen molar-refractivity contribution in [3.05, 3.63) is 40.1 Å². The number of H-pyrrole nitrogens is 1. The van der Waals surface area contributed by atoms with E-state index in [0.717, 1.165) is 28.3 Å². The van der Waals surface area contributed by atoms with E-state index in [1.165, 1.54) is 12.1 Å². The topological polar surface area (TPSA) is 71.8 Å². The largest absolute Gasteiger partial charge is 0.277 e. The second kappa shape index (κ2) is 5.09.